The average molecular weight is 422 g/mol. The van der Waals surface area contributed by atoms with Crippen molar-refractivity contribution < 1.29 is 49.4 Å². The standard InChI is InChI=1S/C9H20O4.C4H6O2.2C3H4O2/c1-7(11)5-12-9(3)6-13-8(2)4-10;1-3(2)4(5)6;2*1-2-3(4)5/h7-11H,4-6H2,1-3H3;1H2,2H3,(H,5,6);2*2H,1H2,(H,4,5). The normalized spacial score (nSPS) is 11.9. The lowest BCUT2D eigenvalue weighted by Crippen LogP contribution is -2.24. The highest BCUT2D eigenvalue weighted by atomic mass is 16.5. The molecular weight excluding hydrogens is 388 g/mol. The maximum atomic E-state index is 9.60. The molecule has 0 aromatic heterocycles. The molecule has 10 heteroatoms. The number of carbonyl (C=O) groups is 3. The summed E-state index contributed by atoms with van der Waals surface area (Å²) in [5.74, 6) is -2.90. The van der Waals surface area contributed by atoms with Crippen LogP contribution in [0, 0.1) is 0 Å². The highest BCUT2D eigenvalue weighted by Gasteiger charge is 2.07. The predicted molar refractivity (Wildman–Crippen MR) is 108 cm³/mol. The first-order valence-electron chi connectivity index (χ1n) is 8.36. The Morgan fingerprint density at radius 2 is 1.21 bits per heavy atom. The largest absolute Gasteiger partial charge is 0.478 e. The molecule has 0 spiro atoms. The summed E-state index contributed by atoms with van der Waals surface area (Å²) in [6.45, 7) is 16.6. The van der Waals surface area contributed by atoms with Gasteiger partial charge in [0.05, 0.1) is 38.1 Å². The summed E-state index contributed by atoms with van der Waals surface area (Å²) in [5.41, 5.74) is 0.176. The molecule has 3 unspecified atom stereocenters. The van der Waals surface area contributed by atoms with Gasteiger partial charge in [-0.25, -0.2) is 14.4 Å². The van der Waals surface area contributed by atoms with Crippen LogP contribution in [-0.4, -0.2) is 81.6 Å². The molecule has 0 rings (SSSR count). The van der Waals surface area contributed by atoms with Crippen molar-refractivity contribution in [1.82, 2.24) is 0 Å². The Balaban J connectivity index is -0.000000163. The third-order valence-electron chi connectivity index (χ3n) is 2.21. The second-order valence-corrected chi connectivity index (χ2v) is 5.49. The number of hydrogen-bond acceptors (Lipinski definition) is 7. The van der Waals surface area contributed by atoms with Crippen molar-refractivity contribution in [3.8, 4) is 0 Å². The first-order chi connectivity index (χ1) is 13.2. The van der Waals surface area contributed by atoms with Crippen LogP contribution >= 0.6 is 0 Å². The molecule has 0 amide bonds. The number of ether oxygens (including phenoxy) is 2. The van der Waals surface area contributed by atoms with E-state index in [1.54, 1.807) is 13.8 Å². The Labute approximate surface area is 171 Å². The minimum atomic E-state index is -0.981. The van der Waals surface area contributed by atoms with Gasteiger partial charge >= 0.3 is 17.9 Å². The van der Waals surface area contributed by atoms with E-state index in [1.165, 1.54) is 6.92 Å². The molecule has 0 fully saturated rings. The molecule has 0 aliphatic rings. The van der Waals surface area contributed by atoms with Gasteiger partial charge in [0.2, 0.25) is 0 Å². The van der Waals surface area contributed by atoms with Gasteiger partial charge in [0.15, 0.2) is 0 Å². The molecule has 170 valence electrons. The van der Waals surface area contributed by atoms with Crippen LogP contribution in [0.4, 0.5) is 0 Å². The molecule has 0 aromatic carbocycles. The van der Waals surface area contributed by atoms with Gasteiger partial charge in [0.1, 0.15) is 0 Å². The number of carboxylic acid groups (broad SMARTS) is 3. The number of aliphatic hydroxyl groups excluding tert-OH is 2. The quantitative estimate of drug-likeness (QED) is 0.323. The maximum Gasteiger partial charge on any atom is 0.330 e. The van der Waals surface area contributed by atoms with Gasteiger partial charge in [0, 0.05) is 17.7 Å². The van der Waals surface area contributed by atoms with Crippen molar-refractivity contribution in [2.45, 2.75) is 46.0 Å². The van der Waals surface area contributed by atoms with Crippen LogP contribution in [0.5, 0.6) is 0 Å². The van der Waals surface area contributed by atoms with E-state index in [9.17, 15) is 14.4 Å². The Kier molecular flexibility index (Phi) is 27.6. The van der Waals surface area contributed by atoms with E-state index >= 15 is 0 Å². The Hall–Kier alpha value is -2.53. The van der Waals surface area contributed by atoms with Gasteiger partial charge in [0.25, 0.3) is 0 Å². The smallest absolute Gasteiger partial charge is 0.330 e. The van der Waals surface area contributed by atoms with Gasteiger partial charge in [-0.15, -0.1) is 0 Å². The van der Waals surface area contributed by atoms with E-state index < -0.39 is 24.0 Å². The third-order valence-corrected chi connectivity index (χ3v) is 2.21. The van der Waals surface area contributed by atoms with E-state index in [2.05, 4.69) is 19.7 Å². The Morgan fingerprint density at radius 3 is 1.41 bits per heavy atom. The molecule has 3 atom stereocenters. The summed E-state index contributed by atoms with van der Waals surface area (Å²) >= 11 is 0. The summed E-state index contributed by atoms with van der Waals surface area (Å²) in [5, 5.41) is 40.7. The van der Waals surface area contributed by atoms with Crippen molar-refractivity contribution in [3.63, 3.8) is 0 Å². The van der Waals surface area contributed by atoms with Crippen molar-refractivity contribution >= 4 is 17.9 Å². The fourth-order valence-corrected chi connectivity index (χ4v) is 0.704. The van der Waals surface area contributed by atoms with E-state index in [1.807, 2.05) is 6.92 Å². The topological polar surface area (TPSA) is 171 Å². The fraction of sp³-hybridized carbons (Fsp3) is 0.526. The van der Waals surface area contributed by atoms with Gasteiger partial charge in [-0.2, -0.15) is 0 Å². The predicted octanol–water partition coefficient (Wildman–Crippen LogP) is 1.33. The molecule has 0 saturated carbocycles. The van der Waals surface area contributed by atoms with Gasteiger partial charge < -0.3 is 35.0 Å². The molecule has 0 saturated heterocycles. The lowest BCUT2D eigenvalue weighted by atomic mass is 10.4. The van der Waals surface area contributed by atoms with E-state index in [0.717, 1.165) is 12.2 Å². The number of aliphatic carboxylic acids is 3. The first-order valence-corrected chi connectivity index (χ1v) is 8.36. The highest BCUT2D eigenvalue weighted by molar-refractivity contribution is 5.84. The molecule has 29 heavy (non-hydrogen) atoms. The molecule has 10 nitrogen and oxygen atoms in total. The Bertz CT molecular complexity index is 455. The number of carboxylic acids is 3. The SMILES string of the molecule is C=C(C)C(=O)O.C=CC(=O)O.C=CC(=O)O.CC(O)COC(C)COC(C)CO. The fourth-order valence-electron chi connectivity index (χ4n) is 0.704. The summed E-state index contributed by atoms with van der Waals surface area (Å²) in [4.78, 5) is 28.1. The second-order valence-electron chi connectivity index (χ2n) is 5.49. The molecule has 0 radical (unpaired) electrons. The highest BCUT2D eigenvalue weighted by Crippen LogP contribution is 1.97. The molecule has 0 heterocycles. The molecule has 0 aliphatic heterocycles. The van der Waals surface area contributed by atoms with Crippen LogP contribution in [-0.2, 0) is 23.9 Å². The lowest BCUT2D eigenvalue weighted by Gasteiger charge is -2.16. The van der Waals surface area contributed by atoms with Crippen LogP contribution in [0.25, 0.3) is 0 Å². The van der Waals surface area contributed by atoms with Crippen LogP contribution in [0.1, 0.15) is 27.7 Å². The molecule has 0 aromatic rings. The van der Waals surface area contributed by atoms with Crippen molar-refractivity contribution in [2.24, 2.45) is 0 Å². The molecule has 0 aliphatic carbocycles. The molecular formula is C19H34O10. The monoisotopic (exact) mass is 422 g/mol. The zero-order chi connectivity index (χ0) is 24.0. The number of hydrogen-bond donors (Lipinski definition) is 5. The van der Waals surface area contributed by atoms with Crippen molar-refractivity contribution in [1.29, 1.82) is 0 Å². The maximum absolute atomic E-state index is 9.60. The lowest BCUT2D eigenvalue weighted by molar-refractivity contribution is -0.133. The second kappa shape index (κ2) is 23.5. The van der Waals surface area contributed by atoms with Gasteiger partial charge in [-0.1, -0.05) is 19.7 Å². The zero-order valence-corrected chi connectivity index (χ0v) is 17.4. The van der Waals surface area contributed by atoms with Crippen molar-refractivity contribution in [2.75, 3.05) is 19.8 Å². The summed E-state index contributed by atoms with van der Waals surface area (Å²) in [6, 6.07) is 0. The van der Waals surface area contributed by atoms with Crippen molar-refractivity contribution in [3.05, 3.63) is 37.5 Å². The third kappa shape index (κ3) is 46.0. The van der Waals surface area contributed by atoms with Crippen LogP contribution in [0.2, 0.25) is 0 Å². The van der Waals surface area contributed by atoms with E-state index in [0.29, 0.717) is 13.2 Å². The minimum absolute atomic E-state index is 0.0170. The first kappa shape index (κ1) is 34.0. The van der Waals surface area contributed by atoms with Crippen LogP contribution in [0.3, 0.4) is 0 Å². The summed E-state index contributed by atoms with van der Waals surface area (Å²) < 4.78 is 10.5. The molecule has 5 N–H and O–H groups in total. The summed E-state index contributed by atoms with van der Waals surface area (Å²) in [6.07, 6.45) is 1.01. The van der Waals surface area contributed by atoms with E-state index in [-0.39, 0.29) is 24.4 Å². The Morgan fingerprint density at radius 1 is 0.897 bits per heavy atom. The molecule has 0 bridgehead atoms. The van der Waals surface area contributed by atoms with Gasteiger partial charge in [-0.05, 0) is 27.7 Å². The number of rotatable bonds is 10. The summed E-state index contributed by atoms with van der Waals surface area (Å²) in [7, 11) is 0. The average Bonchev–Trinajstić information content (AvgIpc) is 2.65. The van der Waals surface area contributed by atoms with E-state index in [4.69, 9.17) is 35.0 Å². The van der Waals surface area contributed by atoms with Crippen LogP contribution < -0.4 is 0 Å². The zero-order valence-electron chi connectivity index (χ0n) is 17.4. The minimum Gasteiger partial charge on any atom is -0.478 e. The van der Waals surface area contributed by atoms with Crippen LogP contribution in [0.15, 0.2) is 37.5 Å². The number of aliphatic hydroxyl groups is 2. The van der Waals surface area contributed by atoms with Gasteiger partial charge in [-0.3, -0.25) is 0 Å².